The molecule has 0 heterocycles. The molecule has 0 saturated carbocycles. The molecule has 0 aliphatic heterocycles. The van der Waals surface area contributed by atoms with Gasteiger partial charge in [-0.2, -0.15) is 0 Å². The number of nitrogens with one attached hydrogen (secondary N) is 1. The fourth-order valence-electron chi connectivity index (χ4n) is 1.64. The quantitative estimate of drug-likeness (QED) is 0.611. The van der Waals surface area contributed by atoms with Gasteiger partial charge in [0.15, 0.2) is 0 Å². The number of ether oxygens (including phenoxy) is 1. The van der Waals surface area contributed by atoms with Crippen LogP contribution in [0.3, 0.4) is 0 Å². The van der Waals surface area contributed by atoms with Gasteiger partial charge in [-0.3, -0.25) is 14.9 Å². The van der Waals surface area contributed by atoms with Gasteiger partial charge in [0, 0.05) is 12.1 Å². The number of anilines is 1. The number of rotatable bonds is 6. The number of nitrogens with zero attached hydrogens (tertiary/aromatic N) is 1. The normalized spacial score (nSPS) is 13.4. The van der Waals surface area contributed by atoms with Crippen LogP contribution in [0.2, 0.25) is 0 Å². The minimum Gasteiger partial charge on any atom is -0.495 e. The fraction of sp³-hybridized carbons (Fsp3) is 0.462. The second-order valence-corrected chi connectivity index (χ2v) is 4.54. The molecule has 1 unspecified atom stereocenters. The van der Waals surface area contributed by atoms with E-state index in [0.29, 0.717) is 5.75 Å². The summed E-state index contributed by atoms with van der Waals surface area (Å²) in [6.45, 7) is 3.81. The molecule has 3 N–H and O–H groups in total. The third-order valence-corrected chi connectivity index (χ3v) is 3.21. The van der Waals surface area contributed by atoms with E-state index in [1.165, 1.54) is 25.3 Å². The molecule has 0 saturated heterocycles. The first-order valence-electron chi connectivity index (χ1n) is 6.29. The summed E-state index contributed by atoms with van der Waals surface area (Å²) in [5.41, 5.74) is 5.94. The monoisotopic (exact) mass is 281 g/mol. The van der Waals surface area contributed by atoms with Crippen molar-refractivity contribution < 1.29 is 14.5 Å². The summed E-state index contributed by atoms with van der Waals surface area (Å²) >= 11 is 0. The van der Waals surface area contributed by atoms with E-state index < -0.39 is 16.9 Å². The van der Waals surface area contributed by atoms with Crippen molar-refractivity contribution in [2.24, 2.45) is 11.7 Å². The Bertz CT molecular complexity index is 504. The highest BCUT2D eigenvalue weighted by Gasteiger charge is 2.21. The molecule has 0 aromatic heterocycles. The highest BCUT2D eigenvalue weighted by atomic mass is 16.6. The lowest BCUT2D eigenvalue weighted by atomic mass is 9.99. The molecule has 2 atom stereocenters. The highest BCUT2D eigenvalue weighted by molar-refractivity contribution is 5.96. The predicted molar refractivity (Wildman–Crippen MR) is 75.7 cm³/mol. The number of carbonyl (C=O) groups excluding carboxylic acids is 1. The zero-order chi connectivity index (χ0) is 15.3. The molecule has 1 aromatic carbocycles. The van der Waals surface area contributed by atoms with Crippen molar-refractivity contribution in [3.8, 4) is 5.75 Å². The molecular formula is C13H19N3O4. The van der Waals surface area contributed by atoms with Gasteiger partial charge >= 0.3 is 0 Å². The molecule has 7 heteroatoms. The molecule has 0 aliphatic carbocycles. The lowest BCUT2D eigenvalue weighted by Crippen LogP contribution is -2.40. The standard InChI is InChI=1S/C13H19N3O4/c1-4-8(2)12(14)13(17)15-10-7-9(16(18)19)5-6-11(10)20-3/h5-8,12H,4,14H2,1-3H3,(H,15,17)/t8?,12-/m0/s1. The molecule has 110 valence electrons. The SMILES string of the molecule is CCC(C)[C@H](N)C(=O)Nc1cc([N+](=O)[O-])ccc1OC. The van der Waals surface area contributed by atoms with Crippen LogP contribution in [0.4, 0.5) is 11.4 Å². The number of non-ortho nitro benzene ring substituents is 1. The molecule has 0 fully saturated rings. The average Bonchev–Trinajstić information content (AvgIpc) is 2.45. The van der Waals surface area contributed by atoms with E-state index in [-0.39, 0.29) is 17.3 Å². The Balaban J connectivity index is 2.98. The predicted octanol–water partition coefficient (Wildman–Crippen LogP) is 1.92. The van der Waals surface area contributed by atoms with Crippen molar-refractivity contribution >= 4 is 17.3 Å². The Labute approximate surface area is 117 Å². The third-order valence-electron chi connectivity index (χ3n) is 3.21. The number of nitro groups is 1. The maximum absolute atomic E-state index is 12.0. The lowest BCUT2D eigenvalue weighted by Gasteiger charge is -2.18. The molecule has 0 bridgehead atoms. The second kappa shape index (κ2) is 6.85. The van der Waals surface area contributed by atoms with Gasteiger partial charge in [-0.05, 0) is 12.0 Å². The van der Waals surface area contributed by atoms with Gasteiger partial charge in [-0.15, -0.1) is 0 Å². The zero-order valence-electron chi connectivity index (χ0n) is 11.8. The van der Waals surface area contributed by atoms with Crippen molar-refractivity contribution in [3.05, 3.63) is 28.3 Å². The van der Waals surface area contributed by atoms with Crippen molar-refractivity contribution in [1.82, 2.24) is 0 Å². The fourth-order valence-corrected chi connectivity index (χ4v) is 1.64. The van der Waals surface area contributed by atoms with Gasteiger partial charge in [0.25, 0.3) is 5.69 Å². The van der Waals surface area contributed by atoms with Gasteiger partial charge < -0.3 is 15.8 Å². The van der Waals surface area contributed by atoms with Crippen LogP contribution in [0.25, 0.3) is 0 Å². The molecule has 0 aliphatic rings. The average molecular weight is 281 g/mol. The van der Waals surface area contributed by atoms with Crippen LogP contribution in [0.15, 0.2) is 18.2 Å². The zero-order valence-corrected chi connectivity index (χ0v) is 11.8. The number of hydrogen-bond acceptors (Lipinski definition) is 5. The van der Waals surface area contributed by atoms with E-state index in [2.05, 4.69) is 5.32 Å². The van der Waals surface area contributed by atoms with Crippen LogP contribution in [-0.4, -0.2) is 24.0 Å². The smallest absolute Gasteiger partial charge is 0.271 e. The Kier molecular flexibility index (Phi) is 5.45. The summed E-state index contributed by atoms with van der Waals surface area (Å²) in [7, 11) is 1.42. The first-order valence-corrected chi connectivity index (χ1v) is 6.29. The third kappa shape index (κ3) is 3.67. The first kappa shape index (κ1) is 15.9. The first-order chi connectivity index (χ1) is 9.40. The number of methoxy groups -OCH3 is 1. The maximum atomic E-state index is 12.0. The summed E-state index contributed by atoms with van der Waals surface area (Å²) in [4.78, 5) is 22.2. The summed E-state index contributed by atoms with van der Waals surface area (Å²) in [6.07, 6.45) is 0.765. The Morgan fingerprint density at radius 2 is 2.20 bits per heavy atom. The van der Waals surface area contributed by atoms with Crippen molar-refractivity contribution in [3.63, 3.8) is 0 Å². The topological polar surface area (TPSA) is 107 Å². The van der Waals surface area contributed by atoms with Crippen LogP contribution in [0.5, 0.6) is 5.75 Å². The van der Waals surface area contributed by atoms with Crippen LogP contribution in [-0.2, 0) is 4.79 Å². The van der Waals surface area contributed by atoms with Gasteiger partial charge in [-0.1, -0.05) is 20.3 Å². The van der Waals surface area contributed by atoms with Crippen molar-refractivity contribution in [1.29, 1.82) is 0 Å². The van der Waals surface area contributed by atoms with E-state index in [4.69, 9.17) is 10.5 Å². The van der Waals surface area contributed by atoms with Crippen LogP contribution in [0, 0.1) is 16.0 Å². The second-order valence-electron chi connectivity index (χ2n) is 4.54. The molecule has 0 radical (unpaired) electrons. The number of nitro benzene ring substituents is 1. The van der Waals surface area contributed by atoms with Gasteiger partial charge in [0.05, 0.1) is 23.8 Å². The number of amides is 1. The molecule has 1 aromatic rings. The highest BCUT2D eigenvalue weighted by Crippen LogP contribution is 2.29. The van der Waals surface area contributed by atoms with Crippen LogP contribution >= 0.6 is 0 Å². The number of carbonyl (C=O) groups is 1. The summed E-state index contributed by atoms with van der Waals surface area (Å²) in [5, 5.41) is 13.3. The van der Waals surface area contributed by atoms with E-state index >= 15 is 0 Å². The number of hydrogen-bond donors (Lipinski definition) is 2. The molecule has 1 rings (SSSR count). The van der Waals surface area contributed by atoms with Gasteiger partial charge in [0.1, 0.15) is 5.75 Å². The molecular weight excluding hydrogens is 262 g/mol. The Hall–Kier alpha value is -2.15. The minimum absolute atomic E-state index is 0.0136. The van der Waals surface area contributed by atoms with E-state index in [0.717, 1.165) is 6.42 Å². The largest absolute Gasteiger partial charge is 0.495 e. The molecule has 7 nitrogen and oxygen atoms in total. The lowest BCUT2D eigenvalue weighted by molar-refractivity contribution is -0.384. The maximum Gasteiger partial charge on any atom is 0.271 e. The Morgan fingerprint density at radius 3 is 2.70 bits per heavy atom. The van der Waals surface area contributed by atoms with Crippen molar-refractivity contribution in [2.75, 3.05) is 12.4 Å². The summed E-state index contributed by atoms with van der Waals surface area (Å²) < 4.78 is 5.07. The molecule has 20 heavy (non-hydrogen) atoms. The van der Waals surface area contributed by atoms with Crippen LogP contribution < -0.4 is 15.8 Å². The van der Waals surface area contributed by atoms with Crippen LogP contribution in [0.1, 0.15) is 20.3 Å². The molecule has 0 spiro atoms. The van der Waals surface area contributed by atoms with E-state index in [9.17, 15) is 14.9 Å². The number of benzene rings is 1. The minimum atomic E-state index is -0.677. The van der Waals surface area contributed by atoms with E-state index in [1.54, 1.807) is 0 Å². The van der Waals surface area contributed by atoms with E-state index in [1.807, 2.05) is 13.8 Å². The summed E-state index contributed by atoms with van der Waals surface area (Å²) in [6, 6.07) is 3.31. The van der Waals surface area contributed by atoms with Crippen molar-refractivity contribution in [2.45, 2.75) is 26.3 Å². The number of nitrogens with two attached hydrogens (primary N) is 1. The molecule has 1 amide bonds. The summed E-state index contributed by atoms with van der Waals surface area (Å²) in [5.74, 6) is -0.0295. The van der Waals surface area contributed by atoms with Gasteiger partial charge in [0.2, 0.25) is 5.91 Å². The van der Waals surface area contributed by atoms with Gasteiger partial charge in [-0.25, -0.2) is 0 Å². The Morgan fingerprint density at radius 1 is 1.55 bits per heavy atom.